The van der Waals surface area contributed by atoms with E-state index >= 15 is 0 Å². The number of aromatic amines is 1. The van der Waals surface area contributed by atoms with E-state index in [2.05, 4.69) is 4.98 Å². The van der Waals surface area contributed by atoms with Crippen LogP contribution in [0.5, 0.6) is 0 Å². The molecule has 20 heavy (non-hydrogen) atoms. The second kappa shape index (κ2) is 5.32. The molecule has 0 spiro atoms. The van der Waals surface area contributed by atoms with Crippen molar-refractivity contribution in [3.05, 3.63) is 20.8 Å². The molecule has 0 aromatic carbocycles. The zero-order chi connectivity index (χ0) is 14.9. The van der Waals surface area contributed by atoms with E-state index in [-0.39, 0.29) is 11.5 Å². The van der Waals surface area contributed by atoms with Crippen molar-refractivity contribution in [2.24, 2.45) is 0 Å². The predicted molar refractivity (Wildman–Crippen MR) is 78.1 cm³/mol. The molecular weight excluding hydrogens is 260 g/mol. The number of aliphatic hydroxyl groups is 1. The minimum absolute atomic E-state index is 0.144. The molecule has 0 saturated heterocycles. The Kier molecular flexibility index (Phi) is 3.89. The van der Waals surface area contributed by atoms with Crippen molar-refractivity contribution in [1.82, 2.24) is 9.55 Å². The van der Waals surface area contributed by atoms with Gasteiger partial charge in [-0.15, -0.1) is 0 Å². The number of aromatic nitrogens is 2. The lowest BCUT2D eigenvalue weighted by atomic mass is 10.0. The Hall–Kier alpha value is -1.76. The van der Waals surface area contributed by atoms with Gasteiger partial charge in [0.15, 0.2) is 0 Å². The largest absolute Gasteiger partial charge is 0.388 e. The fourth-order valence-electron chi connectivity index (χ4n) is 2.97. The number of hydrogen-bond acceptors (Lipinski definition) is 5. The molecule has 0 atom stereocenters. The SMILES string of the molecule is CCn1c(N)c(N(C)CC2(O)CCCC2)c(=O)[nH]c1=O. The molecule has 1 aliphatic carbocycles. The molecule has 112 valence electrons. The molecule has 0 unspecified atom stereocenters. The number of nitrogen functional groups attached to an aromatic ring is 1. The molecule has 2 rings (SSSR count). The van der Waals surface area contributed by atoms with Gasteiger partial charge in [0.25, 0.3) is 5.56 Å². The van der Waals surface area contributed by atoms with E-state index < -0.39 is 16.9 Å². The third-order valence-electron chi connectivity index (χ3n) is 3.98. The maximum absolute atomic E-state index is 12.0. The van der Waals surface area contributed by atoms with Gasteiger partial charge in [-0.25, -0.2) is 4.79 Å². The first-order chi connectivity index (χ1) is 9.38. The van der Waals surface area contributed by atoms with E-state index in [0.29, 0.717) is 13.1 Å². The molecule has 0 radical (unpaired) electrons. The van der Waals surface area contributed by atoms with E-state index in [4.69, 9.17) is 5.73 Å². The van der Waals surface area contributed by atoms with Crippen LogP contribution in [0.3, 0.4) is 0 Å². The van der Waals surface area contributed by atoms with Gasteiger partial charge in [0.2, 0.25) is 0 Å². The normalized spacial score (nSPS) is 17.4. The van der Waals surface area contributed by atoms with Crippen molar-refractivity contribution in [2.75, 3.05) is 24.2 Å². The zero-order valence-corrected chi connectivity index (χ0v) is 12.0. The zero-order valence-electron chi connectivity index (χ0n) is 12.0. The van der Waals surface area contributed by atoms with Gasteiger partial charge in [0.05, 0.1) is 5.60 Å². The fraction of sp³-hybridized carbons (Fsp3) is 0.692. The highest BCUT2D eigenvalue weighted by atomic mass is 16.3. The Bertz CT molecular complexity index is 599. The van der Waals surface area contributed by atoms with Crippen LogP contribution in [-0.2, 0) is 6.54 Å². The molecule has 1 heterocycles. The summed E-state index contributed by atoms with van der Waals surface area (Å²) in [5.41, 5.74) is 4.38. The summed E-state index contributed by atoms with van der Waals surface area (Å²) in [4.78, 5) is 27.5. The van der Waals surface area contributed by atoms with Crippen LogP contribution in [0.4, 0.5) is 11.5 Å². The van der Waals surface area contributed by atoms with Gasteiger partial charge in [-0.05, 0) is 19.8 Å². The standard InChI is InChI=1S/C13H22N4O3/c1-3-17-10(14)9(11(18)15-12(17)19)16(2)8-13(20)6-4-5-7-13/h20H,3-8,14H2,1-2H3,(H,15,18,19). The molecule has 7 heteroatoms. The molecule has 0 bridgehead atoms. The minimum atomic E-state index is -0.777. The summed E-state index contributed by atoms with van der Waals surface area (Å²) in [6, 6.07) is 0. The number of nitrogens with zero attached hydrogens (tertiary/aromatic N) is 2. The van der Waals surface area contributed by atoms with E-state index in [1.165, 1.54) is 4.57 Å². The first-order valence-electron chi connectivity index (χ1n) is 6.94. The monoisotopic (exact) mass is 282 g/mol. The minimum Gasteiger partial charge on any atom is -0.388 e. The first-order valence-corrected chi connectivity index (χ1v) is 6.94. The molecular formula is C13H22N4O3. The van der Waals surface area contributed by atoms with Gasteiger partial charge < -0.3 is 15.7 Å². The van der Waals surface area contributed by atoms with E-state index in [9.17, 15) is 14.7 Å². The number of anilines is 2. The molecule has 1 saturated carbocycles. The Morgan fingerprint density at radius 3 is 2.55 bits per heavy atom. The molecule has 1 aromatic rings. The molecule has 1 aliphatic rings. The van der Waals surface area contributed by atoms with E-state index in [0.717, 1.165) is 25.7 Å². The van der Waals surface area contributed by atoms with Crippen molar-refractivity contribution in [1.29, 1.82) is 0 Å². The van der Waals surface area contributed by atoms with Gasteiger partial charge in [-0.2, -0.15) is 0 Å². The van der Waals surface area contributed by atoms with Gasteiger partial charge >= 0.3 is 5.69 Å². The van der Waals surface area contributed by atoms with E-state index in [1.807, 2.05) is 0 Å². The van der Waals surface area contributed by atoms with Crippen LogP contribution in [0.25, 0.3) is 0 Å². The van der Waals surface area contributed by atoms with Gasteiger partial charge in [0, 0.05) is 20.1 Å². The molecule has 1 fully saturated rings. The topological polar surface area (TPSA) is 104 Å². The van der Waals surface area contributed by atoms with Crippen LogP contribution < -0.4 is 21.9 Å². The van der Waals surface area contributed by atoms with Crippen molar-refractivity contribution in [2.45, 2.75) is 44.8 Å². The average Bonchev–Trinajstić information content (AvgIpc) is 2.75. The lowest BCUT2D eigenvalue weighted by Gasteiger charge is -2.30. The predicted octanol–water partition coefficient (Wildman–Crippen LogP) is -0.120. The lowest BCUT2D eigenvalue weighted by Crippen LogP contribution is -2.43. The average molecular weight is 282 g/mol. The number of nitrogens with one attached hydrogen (secondary N) is 1. The Balaban J connectivity index is 2.37. The maximum atomic E-state index is 12.0. The summed E-state index contributed by atoms with van der Waals surface area (Å²) in [6.45, 7) is 2.50. The summed E-state index contributed by atoms with van der Waals surface area (Å²) in [7, 11) is 1.71. The van der Waals surface area contributed by atoms with Crippen LogP contribution >= 0.6 is 0 Å². The molecule has 1 aromatic heterocycles. The molecule has 0 aliphatic heterocycles. The number of rotatable bonds is 4. The van der Waals surface area contributed by atoms with Crippen molar-refractivity contribution in [3.8, 4) is 0 Å². The second-order valence-corrected chi connectivity index (χ2v) is 5.52. The van der Waals surface area contributed by atoms with Crippen molar-refractivity contribution >= 4 is 11.5 Å². The molecule has 0 amide bonds. The summed E-state index contributed by atoms with van der Waals surface area (Å²) < 4.78 is 1.31. The summed E-state index contributed by atoms with van der Waals surface area (Å²) in [5.74, 6) is 0.144. The van der Waals surface area contributed by atoms with Gasteiger partial charge in [-0.3, -0.25) is 14.3 Å². The van der Waals surface area contributed by atoms with Gasteiger partial charge in [-0.1, -0.05) is 12.8 Å². The van der Waals surface area contributed by atoms with E-state index in [1.54, 1.807) is 18.9 Å². The molecule has 7 nitrogen and oxygen atoms in total. The van der Waals surface area contributed by atoms with Crippen LogP contribution in [0.2, 0.25) is 0 Å². The third-order valence-corrected chi connectivity index (χ3v) is 3.98. The first kappa shape index (κ1) is 14.6. The fourth-order valence-corrected chi connectivity index (χ4v) is 2.97. The molecule has 4 N–H and O–H groups in total. The number of hydrogen-bond donors (Lipinski definition) is 3. The van der Waals surface area contributed by atoms with Gasteiger partial charge in [0.1, 0.15) is 11.5 Å². The highest BCUT2D eigenvalue weighted by Gasteiger charge is 2.33. The lowest BCUT2D eigenvalue weighted by molar-refractivity contribution is 0.0559. The van der Waals surface area contributed by atoms with Crippen molar-refractivity contribution in [3.63, 3.8) is 0 Å². The smallest absolute Gasteiger partial charge is 0.330 e. The number of likely N-dealkylation sites (N-methyl/N-ethyl adjacent to an activating group) is 1. The number of H-pyrrole nitrogens is 1. The third kappa shape index (κ3) is 2.58. The Morgan fingerprint density at radius 1 is 1.40 bits per heavy atom. The Labute approximate surface area is 117 Å². The quantitative estimate of drug-likeness (QED) is 0.714. The van der Waals surface area contributed by atoms with Crippen LogP contribution in [0.15, 0.2) is 9.59 Å². The number of nitrogens with two attached hydrogens (primary N) is 1. The maximum Gasteiger partial charge on any atom is 0.330 e. The summed E-state index contributed by atoms with van der Waals surface area (Å²) in [5, 5.41) is 10.4. The summed E-state index contributed by atoms with van der Waals surface area (Å²) in [6.07, 6.45) is 3.43. The van der Waals surface area contributed by atoms with Crippen LogP contribution in [0.1, 0.15) is 32.6 Å². The van der Waals surface area contributed by atoms with Crippen LogP contribution in [-0.4, -0.2) is 33.9 Å². The Morgan fingerprint density at radius 2 is 2.00 bits per heavy atom. The highest BCUT2D eigenvalue weighted by molar-refractivity contribution is 5.62. The van der Waals surface area contributed by atoms with Crippen molar-refractivity contribution < 1.29 is 5.11 Å². The second-order valence-electron chi connectivity index (χ2n) is 5.52. The van der Waals surface area contributed by atoms with Crippen LogP contribution in [0, 0.1) is 0 Å². The summed E-state index contributed by atoms with van der Waals surface area (Å²) >= 11 is 0. The highest BCUT2D eigenvalue weighted by Crippen LogP contribution is 2.31.